The van der Waals surface area contributed by atoms with Crippen molar-refractivity contribution in [1.29, 1.82) is 0 Å². The second-order valence-electron chi connectivity index (χ2n) is 7.19. The number of hydrogen-bond acceptors (Lipinski definition) is 2. The van der Waals surface area contributed by atoms with Crippen molar-refractivity contribution in [3.63, 3.8) is 0 Å². The minimum Gasteiger partial charge on any atom is -0.464 e. The van der Waals surface area contributed by atoms with Crippen LogP contribution in [-0.2, 0) is 11.0 Å². The van der Waals surface area contributed by atoms with Crippen LogP contribution in [0.15, 0.2) is 10.5 Å². The minimum absolute atomic E-state index is 0.0695. The Morgan fingerprint density at radius 2 is 1.68 bits per heavy atom. The summed E-state index contributed by atoms with van der Waals surface area (Å²) in [6.45, 7) is 16.3. The molecule has 0 spiro atoms. The number of aryl methyl sites for hydroxylation is 2. The lowest BCUT2D eigenvalue weighted by Crippen LogP contribution is -2.40. The van der Waals surface area contributed by atoms with E-state index in [9.17, 15) is 4.21 Å². The van der Waals surface area contributed by atoms with Crippen LogP contribution < -0.4 is 4.72 Å². The number of nitrogens with one attached hydrogen (secondary N) is 1. The monoisotopic (exact) mass is 285 g/mol. The Hall–Kier alpha value is -0.610. The van der Waals surface area contributed by atoms with Crippen molar-refractivity contribution < 1.29 is 8.63 Å². The van der Waals surface area contributed by atoms with Crippen molar-refractivity contribution in [2.75, 3.05) is 0 Å². The minimum atomic E-state index is -1.12. The predicted molar refractivity (Wildman–Crippen MR) is 81.4 cm³/mol. The zero-order chi connectivity index (χ0) is 15.0. The van der Waals surface area contributed by atoms with Gasteiger partial charge in [0, 0.05) is 0 Å². The summed E-state index contributed by atoms with van der Waals surface area (Å²) < 4.78 is 21.1. The Balaban J connectivity index is 3.07. The molecule has 1 aromatic heterocycles. The van der Waals surface area contributed by atoms with Crippen molar-refractivity contribution in [1.82, 2.24) is 4.72 Å². The molecule has 0 aliphatic carbocycles. The fraction of sp³-hybridized carbons (Fsp3) is 0.733. The van der Waals surface area contributed by atoms with Crippen molar-refractivity contribution in [3.05, 3.63) is 23.2 Å². The molecule has 1 heterocycles. The largest absolute Gasteiger partial charge is 0.464 e. The fourth-order valence-corrected chi connectivity index (χ4v) is 2.73. The summed E-state index contributed by atoms with van der Waals surface area (Å²) in [6.07, 6.45) is 0. The van der Waals surface area contributed by atoms with E-state index in [0.717, 1.165) is 17.1 Å². The lowest BCUT2D eigenvalue weighted by Gasteiger charge is -2.32. The molecule has 0 saturated heterocycles. The molecule has 0 amide bonds. The molecule has 0 bridgehead atoms. The van der Waals surface area contributed by atoms with E-state index in [1.165, 1.54) is 0 Å². The molecule has 110 valence electrons. The third-order valence-electron chi connectivity index (χ3n) is 3.12. The molecule has 2 atom stereocenters. The van der Waals surface area contributed by atoms with Gasteiger partial charge in [-0.15, -0.1) is 0 Å². The predicted octanol–water partition coefficient (Wildman–Crippen LogP) is 4.04. The maximum atomic E-state index is 12.3. The van der Waals surface area contributed by atoms with E-state index in [1.54, 1.807) is 0 Å². The molecule has 1 N–H and O–H groups in total. The van der Waals surface area contributed by atoms with Crippen molar-refractivity contribution in [2.24, 2.45) is 5.41 Å². The SMILES string of the molecule is Cc1cc([C@H](NS(=O)C(C)(C)C)C(C)(C)C)oc1C. The Kier molecular flexibility index (Phi) is 4.68. The van der Waals surface area contributed by atoms with Crippen molar-refractivity contribution in [3.8, 4) is 0 Å². The maximum Gasteiger partial charge on any atom is 0.122 e. The van der Waals surface area contributed by atoms with Gasteiger partial charge in [-0.1, -0.05) is 20.8 Å². The Morgan fingerprint density at radius 1 is 1.16 bits per heavy atom. The average molecular weight is 285 g/mol. The van der Waals surface area contributed by atoms with Crippen LogP contribution in [-0.4, -0.2) is 8.96 Å². The van der Waals surface area contributed by atoms with E-state index in [2.05, 4.69) is 25.5 Å². The van der Waals surface area contributed by atoms with Gasteiger partial charge in [-0.3, -0.25) is 0 Å². The zero-order valence-corrected chi connectivity index (χ0v) is 14.2. The van der Waals surface area contributed by atoms with Gasteiger partial charge in [0.05, 0.1) is 21.8 Å². The first-order chi connectivity index (χ1) is 8.43. The summed E-state index contributed by atoms with van der Waals surface area (Å²) in [5.41, 5.74) is 1.06. The molecular weight excluding hydrogens is 258 g/mol. The number of furan rings is 1. The van der Waals surface area contributed by atoms with Crippen LogP contribution in [0.25, 0.3) is 0 Å². The molecule has 1 rings (SSSR count). The first-order valence-corrected chi connectivity index (χ1v) is 7.83. The van der Waals surface area contributed by atoms with Gasteiger partial charge >= 0.3 is 0 Å². The van der Waals surface area contributed by atoms with Gasteiger partial charge in [0.25, 0.3) is 0 Å². The van der Waals surface area contributed by atoms with E-state index < -0.39 is 11.0 Å². The molecule has 1 aromatic rings. The number of hydrogen-bond donors (Lipinski definition) is 1. The van der Waals surface area contributed by atoms with Crippen LogP contribution in [0, 0.1) is 19.3 Å². The molecule has 3 nitrogen and oxygen atoms in total. The summed E-state index contributed by atoms with van der Waals surface area (Å²) in [6, 6.07) is 1.97. The highest BCUT2D eigenvalue weighted by molar-refractivity contribution is 7.84. The lowest BCUT2D eigenvalue weighted by molar-refractivity contribution is 0.264. The van der Waals surface area contributed by atoms with Crippen LogP contribution in [0.1, 0.15) is 64.7 Å². The first-order valence-electron chi connectivity index (χ1n) is 6.68. The average Bonchev–Trinajstić information content (AvgIpc) is 2.51. The van der Waals surface area contributed by atoms with E-state index >= 15 is 0 Å². The van der Waals surface area contributed by atoms with Crippen LogP contribution in [0.2, 0.25) is 0 Å². The normalized spacial score (nSPS) is 16.4. The third-order valence-corrected chi connectivity index (χ3v) is 4.68. The van der Waals surface area contributed by atoms with Gasteiger partial charge in [0.15, 0.2) is 0 Å². The summed E-state index contributed by atoms with van der Waals surface area (Å²) in [5, 5.41) is 0. The standard InChI is InChI=1S/C15H27NO2S/c1-10-9-12(18-11(10)2)13(14(3,4)5)16-19(17)15(6,7)8/h9,13,16H,1-8H3/t13-,19?/m0/s1. The van der Waals surface area contributed by atoms with Crippen molar-refractivity contribution in [2.45, 2.75) is 66.2 Å². The lowest BCUT2D eigenvalue weighted by atomic mass is 9.86. The summed E-state index contributed by atoms with van der Waals surface area (Å²) in [7, 11) is -1.12. The third kappa shape index (κ3) is 4.18. The molecule has 0 aliphatic rings. The highest BCUT2D eigenvalue weighted by Crippen LogP contribution is 2.35. The van der Waals surface area contributed by atoms with Gasteiger partial charge in [-0.05, 0) is 51.7 Å². The molecule has 19 heavy (non-hydrogen) atoms. The van der Waals surface area contributed by atoms with Gasteiger partial charge in [0.2, 0.25) is 0 Å². The molecular formula is C15H27NO2S. The summed E-state index contributed by atoms with van der Waals surface area (Å²) in [4.78, 5) is 0. The van der Waals surface area contributed by atoms with Crippen molar-refractivity contribution >= 4 is 11.0 Å². The quantitative estimate of drug-likeness (QED) is 0.911. The molecule has 0 saturated carbocycles. The van der Waals surface area contributed by atoms with Gasteiger partial charge in [-0.2, -0.15) is 0 Å². The van der Waals surface area contributed by atoms with Gasteiger partial charge in [0.1, 0.15) is 11.5 Å². The summed E-state index contributed by atoms with van der Waals surface area (Å²) in [5.74, 6) is 1.78. The summed E-state index contributed by atoms with van der Waals surface area (Å²) >= 11 is 0. The van der Waals surface area contributed by atoms with Gasteiger partial charge < -0.3 is 4.42 Å². The topological polar surface area (TPSA) is 42.2 Å². The Bertz CT molecular complexity index is 444. The first kappa shape index (κ1) is 16.4. The highest BCUT2D eigenvalue weighted by Gasteiger charge is 2.33. The van der Waals surface area contributed by atoms with Crippen LogP contribution >= 0.6 is 0 Å². The molecule has 0 fully saturated rings. The van der Waals surface area contributed by atoms with Crippen LogP contribution in [0.4, 0.5) is 0 Å². The van der Waals surface area contributed by atoms with E-state index in [4.69, 9.17) is 4.42 Å². The maximum absolute atomic E-state index is 12.3. The smallest absolute Gasteiger partial charge is 0.122 e. The Labute approximate surface area is 119 Å². The van der Waals surface area contributed by atoms with Gasteiger partial charge in [-0.25, -0.2) is 8.93 Å². The molecule has 0 aromatic carbocycles. The van der Waals surface area contributed by atoms with E-state index in [0.29, 0.717) is 0 Å². The molecule has 4 heteroatoms. The molecule has 0 radical (unpaired) electrons. The van der Waals surface area contributed by atoms with Crippen LogP contribution in [0.5, 0.6) is 0 Å². The number of rotatable bonds is 3. The second-order valence-corrected chi connectivity index (χ2v) is 9.18. The molecule has 0 aliphatic heterocycles. The zero-order valence-electron chi connectivity index (χ0n) is 13.4. The van der Waals surface area contributed by atoms with Crippen LogP contribution in [0.3, 0.4) is 0 Å². The molecule has 1 unspecified atom stereocenters. The highest BCUT2D eigenvalue weighted by atomic mass is 32.2. The van der Waals surface area contributed by atoms with E-state index in [1.807, 2.05) is 40.7 Å². The second kappa shape index (κ2) is 5.41. The Morgan fingerprint density at radius 3 is 2.00 bits per heavy atom. The van der Waals surface area contributed by atoms with E-state index in [-0.39, 0.29) is 16.2 Å². The fourth-order valence-electron chi connectivity index (χ4n) is 1.69.